The molecule has 0 aliphatic heterocycles. The van der Waals surface area contributed by atoms with Crippen LogP contribution in [0, 0.1) is 5.92 Å². The molecule has 1 amide bonds. The van der Waals surface area contributed by atoms with Gasteiger partial charge in [-0.05, 0) is 24.5 Å². The van der Waals surface area contributed by atoms with Crippen LogP contribution in [0.2, 0.25) is 0 Å². The van der Waals surface area contributed by atoms with Gasteiger partial charge in [-0.15, -0.1) is 0 Å². The third-order valence-corrected chi connectivity index (χ3v) is 3.86. The lowest BCUT2D eigenvalue weighted by Crippen LogP contribution is -2.44. The number of carbonyl (C=O) groups is 1. The molecule has 0 atom stereocenters. The number of hydrogen-bond acceptors (Lipinski definition) is 4. The van der Waals surface area contributed by atoms with Gasteiger partial charge in [0.1, 0.15) is 0 Å². The fourth-order valence-electron chi connectivity index (χ4n) is 2.13. The van der Waals surface area contributed by atoms with Crippen LogP contribution in [0.5, 0.6) is 0 Å². The Morgan fingerprint density at radius 3 is 2.77 bits per heavy atom. The Morgan fingerprint density at radius 2 is 2.12 bits per heavy atom. The average molecular weight is 364 g/mol. The van der Waals surface area contributed by atoms with Crippen LogP contribution in [0.4, 0.5) is 0 Å². The van der Waals surface area contributed by atoms with Gasteiger partial charge in [-0.2, -0.15) is 0 Å². The summed E-state index contributed by atoms with van der Waals surface area (Å²) in [4.78, 5) is 22.3. The van der Waals surface area contributed by atoms with Crippen molar-refractivity contribution in [1.29, 1.82) is 0 Å². The van der Waals surface area contributed by atoms with Crippen molar-refractivity contribution < 1.29 is 9.53 Å². The number of ether oxygens (including phenoxy) is 1. The smallest absolute Gasteiger partial charge is 0.241 e. The zero-order valence-electron chi connectivity index (χ0n) is 16.5. The minimum absolute atomic E-state index is 0.0112. The van der Waals surface area contributed by atoms with Crippen molar-refractivity contribution in [2.45, 2.75) is 26.7 Å². The van der Waals surface area contributed by atoms with Gasteiger partial charge in [0.25, 0.3) is 0 Å². The zero-order valence-corrected chi connectivity index (χ0v) is 16.5. The Balaban J connectivity index is 2.18. The summed E-state index contributed by atoms with van der Waals surface area (Å²) in [6, 6.07) is 5.80. The number of aromatic nitrogens is 1. The standard InChI is InChI=1S/C19H33N5O2/c1-16(2)9-13-26-14-11-22-19(20-3)23-15-18(25)24(4)12-8-17-7-5-6-10-21-17/h5-7,10,16H,8-9,11-15H2,1-4H3,(H2,20,22,23). The molecule has 7 nitrogen and oxygen atoms in total. The predicted octanol–water partition coefficient (Wildman–Crippen LogP) is 1.31. The van der Waals surface area contributed by atoms with Crippen LogP contribution in [0.25, 0.3) is 0 Å². The van der Waals surface area contributed by atoms with Gasteiger partial charge in [0, 0.05) is 52.1 Å². The number of rotatable bonds is 11. The molecule has 2 N–H and O–H groups in total. The van der Waals surface area contributed by atoms with Gasteiger partial charge in [0.05, 0.1) is 13.2 Å². The van der Waals surface area contributed by atoms with Crippen molar-refractivity contribution in [3.63, 3.8) is 0 Å². The SMILES string of the molecule is CN=C(NCCOCCC(C)C)NCC(=O)N(C)CCc1ccccn1. The second kappa shape index (κ2) is 13.1. The molecule has 1 aromatic heterocycles. The maximum Gasteiger partial charge on any atom is 0.241 e. The van der Waals surface area contributed by atoms with Gasteiger partial charge in [0.15, 0.2) is 5.96 Å². The molecule has 0 radical (unpaired) electrons. The van der Waals surface area contributed by atoms with Gasteiger partial charge in [-0.25, -0.2) is 0 Å². The predicted molar refractivity (Wildman–Crippen MR) is 105 cm³/mol. The van der Waals surface area contributed by atoms with Gasteiger partial charge in [0.2, 0.25) is 5.91 Å². The molecule has 0 aliphatic rings. The summed E-state index contributed by atoms with van der Waals surface area (Å²) in [6.45, 7) is 7.23. The third kappa shape index (κ3) is 9.98. The monoisotopic (exact) mass is 363 g/mol. The average Bonchev–Trinajstić information content (AvgIpc) is 2.65. The molecular weight excluding hydrogens is 330 g/mol. The van der Waals surface area contributed by atoms with Crippen LogP contribution >= 0.6 is 0 Å². The van der Waals surface area contributed by atoms with E-state index in [1.165, 1.54) is 0 Å². The fraction of sp³-hybridized carbons (Fsp3) is 0.632. The minimum atomic E-state index is 0.0112. The second-order valence-electron chi connectivity index (χ2n) is 6.53. The van der Waals surface area contributed by atoms with Crippen molar-refractivity contribution in [2.75, 3.05) is 46.9 Å². The summed E-state index contributed by atoms with van der Waals surface area (Å²) in [5.41, 5.74) is 0.982. The summed E-state index contributed by atoms with van der Waals surface area (Å²) < 4.78 is 5.55. The molecule has 0 aromatic carbocycles. The number of likely N-dealkylation sites (N-methyl/N-ethyl adjacent to an activating group) is 1. The van der Waals surface area contributed by atoms with E-state index in [0.717, 1.165) is 25.1 Å². The number of hydrogen-bond donors (Lipinski definition) is 2. The molecule has 7 heteroatoms. The molecule has 0 bridgehead atoms. The molecule has 1 heterocycles. The lowest BCUT2D eigenvalue weighted by atomic mass is 10.1. The van der Waals surface area contributed by atoms with E-state index in [-0.39, 0.29) is 12.5 Å². The van der Waals surface area contributed by atoms with Crippen molar-refractivity contribution >= 4 is 11.9 Å². The molecule has 0 saturated carbocycles. The fourth-order valence-corrected chi connectivity index (χ4v) is 2.13. The summed E-state index contributed by atoms with van der Waals surface area (Å²) in [7, 11) is 3.48. The van der Waals surface area contributed by atoms with Gasteiger partial charge in [-0.3, -0.25) is 14.8 Å². The van der Waals surface area contributed by atoms with Crippen molar-refractivity contribution in [1.82, 2.24) is 20.5 Å². The Morgan fingerprint density at radius 1 is 1.31 bits per heavy atom. The van der Waals surface area contributed by atoms with E-state index in [9.17, 15) is 4.79 Å². The van der Waals surface area contributed by atoms with Crippen LogP contribution in [-0.2, 0) is 16.0 Å². The highest BCUT2D eigenvalue weighted by Crippen LogP contribution is 1.98. The van der Waals surface area contributed by atoms with E-state index in [4.69, 9.17) is 4.74 Å². The third-order valence-electron chi connectivity index (χ3n) is 3.86. The maximum atomic E-state index is 12.2. The summed E-state index contributed by atoms with van der Waals surface area (Å²) in [5, 5.41) is 6.18. The number of aliphatic imine (C=N–C) groups is 1. The number of guanidine groups is 1. The van der Waals surface area contributed by atoms with Crippen LogP contribution in [0.15, 0.2) is 29.4 Å². The summed E-state index contributed by atoms with van der Waals surface area (Å²) in [6.07, 6.45) is 3.57. The van der Waals surface area contributed by atoms with Crippen LogP contribution < -0.4 is 10.6 Å². The highest BCUT2D eigenvalue weighted by molar-refractivity contribution is 5.86. The van der Waals surface area contributed by atoms with E-state index >= 15 is 0 Å². The molecule has 26 heavy (non-hydrogen) atoms. The van der Waals surface area contributed by atoms with E-state index < -0.39 is 0 Å². The second-order valence-corrected chi connectivity index (χ2v) is 6.53. The Bertz CT molecular complexity index is 534. The molecule has 0 saturated heterocycles. The topological polar surface area (TPSA) is 78.9 Å². The lowest BCUT2D eigenvalue weighted by molar-refractivity contribution is -0.128. The molecular formula is C19H33N5O2. The number of carbonyl (C=O) groups excluding carboxylic acids is 1. The number of nitrogens with zero attached hydrogens (tertiary/aromatic N) is 3. The van der Waals surface area contributed by atoms with Crippen molar-refractivity contribution in [3.05, 3.63) is 30.1 Å². The van der Waals surface area contributed by atoms with Crippen LogP contribution in [0.3, 0.4) is 0 Å². The highest BCUT2D eigenvalue weighted by Gasteiger charge is 2.09. The Kier molecular flexibility index (Phi) is 11.0. The van der Waals surface area contributed by atoms with E-state index in [1.807, 2.05) is 18.2 Å². The first-order chi connectivity index (χ1) is 12.5. The Hall–Kier alpha value is -2.15. The first-order valence-electron chi connectivity index (χ1n) is 9.19. The Labute approximate surface area is 157 Å². The molecule has 0 aliphatic carbocycles. The normalized spacial score (nSPS) is 11.5. The molecule has 0 spiro atoms. The molecule has 0 unspecified atom stereocenters. The first kappa shape index (κ1) is 21.9. The number of pyridine rings is 1. The molecule has 1 aromatic rings. The number of amides is 1. The summed E-state index contributed by atoms with van der Waals surface area (Å²) in [5.74, 6) is 1.26. The first-order valence-corrected chi connectivity index (χ1v) is 9.19. The largest absolute Gasteiger partial charge is 0.380 e. The van der Waals surface area contributed by atoms with Crippen LogP contribution in [-0.4, -0.2) is 68.7 Å². The van der Waals surface area contributed by atoms with E-state index in [2.05, 4.69) is 34.5 Å². The van der Waals surface area contributed by atoms with Gasteiger partial charge < -0.3 is 20.3 Å². The quantitative estimate of drug-likeness (QED) is 0.352. The van der Waals surface area contributed by atoms with Gasteiger partial charge >= 0.3 is 0 Å². The van der Waals surface area contributed by atoms with E-state index in [0.29, 0.717) is 31.6 Å². The summed E-state index contributed by atoms with van der Waals surface area (Å²) >= 11 is 0. The molecule has 1 rings (SSSR count). The zero-order chi connectivity index (χ0) is 19.2. The van der Waals surface area contributed by atoms with Crippen LogP contribution in [0.1, 0.15) is 26.0 Å². The van der Waals surface area contributed by atoms with E-state index in [1.54, 1.807) is 25.2 Å². The van der Waals surface area contributed by atoms with Crippen molar-refractivity contribution in [2.24, 2.45) is 10.9 Å². The van der Waals surface area contributed by atoms with Gasteiger partial charge in [-0.1, -0.05) is 19.9 Å². The number of nitrogens with one attached hydrogen (secondary N) is 2. The lowest BCUT2D eigenvalue weighted by Gasteiger charge is -2.18. The maximum absolute atomic E-state index is 12.2. The highest BCUT2D eigenvalue weighted by atomic mass is 16.5. The minimum Gasteiger partial charge on any atom is -0.380 e. The molecule has 0 fully saturated rings. The van der Waals surface area contributed by atoms with Crippen molar-refractivity contribution in [3.8, 4) is 0 Å². The molecule has 146 valence electrons.